The minimum atomic E-state index is 0.108. The SMILES string of the molecule is CCCCN(C)CCC(N)c1ccc(Cl)cc1. The molecule has 0 amide bonds. The van der Waals surface area contributed by atoms with Crippen LogP contribution in [0, 0.1) is 0 Å². The summed E-state index contributed by atoms with van der Waals surface area (Å²) < 4.78 is 0. The van der Waals surface area contributed by atoms with Crippen LogP contribution in [0.15, 0.2) is 24.3 Å². The lowest BCUT2D eigenvalue weighted by Crippen LogP contribution is -2.24. The highest BCUT2D eigenvalue weighted by atomic mass is 35.5. The zero-order chi connectivity index (χ0) is 12.7. The van der Waals surface area contributed by atoms with E-state index >= 15 is 0 Å². The number of nitrogens with two attached hydrogens (primary N) is 1. The van der Waals surface area contributed by atoms with Gasteiger partial charge in [-0.3, -0.25) is 0 Å². The molecule has 1 unspecified atom stereocenters. The van der Waals surface area contributed by atoms with Crippen LogP contribution in [0.1, 0.15) is 37.8 Å². The standard InChI is InChI=1S/C14H23ClN2/c1-3-4-10-17(2)11-9-14(16)12-5-7-13(15)8-6-12/h5-8,14H,3-4,9-11,16H2,1-2H3. The van der Waals surface area contributed by atoms with Crippen LogP contribution >= 0.6 is 11.6 Å². The van der Waals surface area contributed by atoms with E-state index in [9.17, 15) is 0 Å². The molecule has 2 nitrogen and oxygen atoms in total. The van der Waals surface area contributed by atoms with Crippen molar-refractivity contribution in [3.05, 3.63) is 34.9 Å². The molecule has 3 heteroatoms. The van der Waals surface area contributed by atoms with Crippen LogP contribution in [-0.4, -0.2) is 25.0 Å². The third kappa shape index (κ3) is 5.53. The normalized spacial score (nSPS) is 13.0. The van der Waals surface area contributed by atoms with Crippen molar-refractivity contribution in [1.82, 2.24) is 4.90 Å². The van der Waals surface area contributed by atoms with Gasteiger partial charge in [0.05, 0.1) is 0 Å². The zero-order valence-corrected chi connectivity index (χ0v) is 11.6. The van der Waals surface area contributed by atoms with Crippen molar-refractivity contribution in [3.63, 3.8) is 0 Å². The van der Waals surface area contributed by atoms with Gasteiger partial charge in [-0.25, -0.2) is 0 Å². The smallest absolute Gasteiger partial charge is 0.0406 e. The zero-order valence-electron chi connectivity index (χ0n) is 10.8. The van der Waals surface area contributed by atoms with Crippen LogP contribution in [0.2, 0.25) is 5.02 Å². The molecule has 1 aromatic rings. The highest BCUT2D eigenvalue weighted by molar-refractivity contribution is 6.30. The maximum absolute atomic E-state index is 6.15. The fourth-order valence-corrected chi connectivity index (χ4v) is 1.90. The fourth-order valence-electron chi connectivity index (χ4n) is 1.78. The van der Waals surface area contributed by atoms with E-state index in [-0.39, 0.29) is 6.04 Å². The monoisotopic (exact) mass is 254 g/mol. The summed E-state index contributed by atoms with van der Waals surface area (Å²) in [4.78, 5) is 2.35. The minimum Gasteiger partial charge on any atom is -0.324 e. The Labute approximate surface area is 110 Å². The third-order valence-electron chi connectivity index (χ3n) is 3.01. The molecule has 0 aliphatic heterocycles. The Kier molecular flexibility index (Phi) is 6.56. The van der Waals surface area contributed by atoms with Crippen molar-refractivity contribution in [3.8, 4) is 0 Å². The number of halogens is 1. The molecular weight excluding hydrogens is 232 g/mol. The number of unbranched alkanes of at least 4 members (excludes halogenated alkanes) is 1. The first-order chi connectivity index (χ1) is 8.13. The first-order valence-corrected chi connectivity index (χ1v) is 6.71. The van der Waals surface area contributed by atoms with Crippen molar-refractivity contribution in [2.24, 2.45) is 5.73 Å². The molecule has 1 atom stereocenters. The molecule has 0 radical (unpaired) electrons. The van der Waals surface area contributed by atoms with Gasteiger partial charge in [-0.1, -0.05) is 37.1 Å². The lowest BCUT2D eigenvalue weighted by molar-refractivity contribution is 0.313. The predicted octanol–water partition coefficient (Wildman–Crippen LogP) is 3.46. The van der Waals surface area contributed by atoms with Crippen molar-refractivity contribution >= 4 is 11.6 Å². The molecule has 1 aromatic carbocycles. The summed E-state index contributed by atoms with van der Waals surface area (Å²) >= 11 is 5.85. The predicted molar refractivity (Wildman–Crippen MR) is 75.4 cm³/mol. The molecule has 0 aromatic heterocycles. The molecule has 2 N–H and O–H groups in total. The Balaban J connectivity index is 2.34. The van der Waals surface area contributed by atoms with Crippen molar-refractivity contribution in [2.45, 2.75) is 32.2 Å². The highest BCUT2D eigenvalue weighted by Gasteiger charge is 2.07. The molecule has 0 spiro atoms. The van der Waals surface area contributed by atoms with Crippen LogP contribution in [0.5, 0.6) is 0 Å². The van der Waals surface area contributed by atoms with Crippen LogP contribution in [-0.2, 0) is 0 Å². The lowest BCUT2D eigenvalue weighted by atomic mass is 10.0. The van der Waals surface area contributed by atoms with Gasteiger partial charge in [0.15, 0.2) is 0 Å². The Morgan fingerprint density at radius 2 is 1.88 bits per heavy atom. The topological polar surface area (TPSA) is 29.3 Å². The molecule has 0 saturated carbocycles. The lowest BCUT2D eigenvalue weighted by Gasteiger charge is -2.19. The van der Waals surface area contributed by atoms with E-state index in [0.717, 1.165) is 24.5 Å². The summed E-state index contributed by atoms with van der Waals surface area (Å²) in [6.07, 6.45) is 3.49. The second-order valence-electron chi connectivity index (χ2n) is 4.60. The Morgan fingerprint density at radius 1 is 1.24 bits per heavy atom. The van der Waals surface area contributed by atoms with E-state index in [2.05, 4.69) is 18.9 Å². The number of benzene rings is 1. The van der Waals surface area contributed by atoms with Crippen LogP contribution in [0.3, 0.4) is 0 Å². The molecule has 96 valence electrons. The van der Waals surface area contributed by atoms with Crippen molar-refractivity contribution < 1.29 is 0 Å². The van der Waals surface area contributed by atoms with E-state index < -0.39 is 0 Å². The van der Waals surface area contributed by atoms with Gasteiger partial charge >= 0.3 is 0 Å². The molecule has 0 aliphatic rings. The van der Waals surface area contributed by atoms with Gasteiger partial charge in [-0.2, -0.15) is 0 Å². The second kappa shape index (κ2) is 7.70. The Bertz CT molecular complexity index is 311. The summed E-state index contributed by atoms with van der Waals surface area (Å²) in [7, 11) is 2.16. The van der Waals surface area contributed by atoms with Gasteiger partial charge in [-0.05, 0) is 50.7 Å². The van der Waals surface area contributed by atoms with Crippen LogP contribution in [0.4, 0.5) is 0 Å². The van der Waals surface area contributed by atoms with E-state index in [1.807, 2.05) is 24.3 Å². The van der Waals surface area contributed by atoms with Gasteiger partial charge in [0.25, 0.3) is 0 Å². The number of nitrogens with zero attached hydrogens (tertiary/aromatic N) is 1. The van der Waals surface area contributed by atoms with E-state index in [1.54, 1.807) is 0 Å². The molecule has 0 fully saturated rings. The number of rotatable bonds is 7. The molecule has 0 bridgehead atoms. The van der Waals surface area contributed by atoms with Gasteiger partial charge in [0.2, 0.25) is 0 Å². The van der Waals surface area contributed by atoms with Crippen LogP contribution in [0.25, 0.3) is 0 Å². The molecule has 0 heterocycles. The minimum absolute atomic E-state index is 0.108. The van der Waals surface area contributed by atoms with E-state index in [1.165, 1.54) is 18.4 Å². The second-order valence-corrected chi connectivity index (χ2v) is 5.04. The first-order valence-electron chi connectivity index (χ1n) is 6.33. The quantitative estimate of drug-likeness (QED) is 0.808. The third-order valence-corrected chi connectivity index (χ3v) is 3.27. The highest BCUT2D eigenvalue weighted by Crippen LogP contribution is 2.17. The van der Waals surface area contributed by atoms with Gasteiger partial charge < -0.3 is 10.6 Å². The number of hydrogen-bond acceptors (Lipinski definition) is 2. The Morgan fingerprint density at radius 3 is 2.47 bits per heavy atom. The Hall–Kier alpha value is -0.570. The molecule has 0 aliphatic carbocycles. The largest absolute Gasteiger partial charge is 0.324 e. The van der Waals surface area contributed by atoms with Gasteiger partial charge in [-0.15, -0.1) is 0 Å². The molecular formula is C14H23ClN2. The van der Waals surface area contributed by atoms with E-state index in [0.29, 0.717) is 0 Å². The van der Waals surface area contributed by atoms with E-state index in [4.69, 9.17) is 17.3 Å². The van der Waals surface area contributed by atoms with Crippen molar-refractivity contribution in [1.29, 1.82) is 0 Å². The maximum atomic E-state index is 6.15. The summed E-state index contributed by atoms with van der Waals surface area (Å²) in [5.41, 5.74) is 7.32. The first kappa shape index (κ1) is 14.5. The van der Waals surface area contributed by atoms with Gasteiger partial charge in [0, 0.05) is 11.1 Å². The summed E-state index contributed by atoms with van der Waals surface area (Å²) in [5, 5.41) is 0.765. The summed E-state index contributed by atoms with van der Waals surface area (Å²) in [5.74, 6) is 0. The molecule has 17 heavy (non-hydrogen) atoms. The average Bonchev–Trinajstić information content (AvgIpc) is 2.34. The summed E-state index contributed by atoms with van der Waals surface area (Å²) in [6, 6.07) is 7.93. The fraction of sp³-hybridized carbons (Fsp3) is 0.571. The summed E-state index contributed by atoms with van der Waals surface area (Å²) in [6.45, 7) is 4.42. The van der Waals surface area contributed by atoms with Gasteiger partial charge in [0.1, 0.15) is 0 Å². The maximum Gasteiger partial charge on any atom is 0.0406 e. The molecule has 1 rings (SSSR count). The average molecular weight is 255 g/mol. The number of hydrogen-bond donors (Lipinski definition) is 1. The van der Waals surface area contributed by atoms with Crippen molar-refractivity contribution in [2.75, 3.05) is 20.1 Å². The van der Waals surface area contributed by atoms with Crippen LogP contribution < -0.4 is 5.73 Å². The molecule has 0 saturated heterocycles.